The van der Waals surface area contributed by atoms with Crippen LogP contribution in [0.15, 0.2) is 36.5 Å². The van der Waals surface area contributed by atoms with E-state index < -0.39 is 5.97 Å². The highest BCUT2D eigenvalue weighted by atomic mass is 16.4. The smallest absolute Gasteiger partial charge is 0.305 e. The molecule has 0 saturated heterocycles. The fourth-order valence-corrected chi connectivity index (χ4v) is 3.22. The first-order valence-electron chi connectivity index (χ1n) is 8.99. The molecule has 0 radical (unpaired) electrons. The molecule has 2 amide bonds. The van der Waals surface area contributed by atoms with E-state index in [2.05, 4.69) is 15.7 Å². The molecule has 1 aromatic heterocycles. The Morgan fingerprint density at radius 2 is 1.78 bits per heavy atom. The summed E-state index contributed by atoms with van der Waals surface area (Å²) >= 11 is 0. The zero-order chi connectivity index (χ0) is 19.2. The molecule has 0 aliphatic heterocycles. The van der Waals surface area contributed by atoms with Crippen molar-refractivity contribution >= 4 is 23.5 Å². The number of nitrogens with zero attached hydrogens (tertiary/aromatic N) is 2. The summed E-state index contributed by atoms with van der Waals surface area (Å²) in [6, 6.07) is 8.43. The maximum Gasteiger partial charge on any atom is 0.305 e. The van der Waals surface area contributed by atoms with E-state index in [0.29, 0.717) is 16.9 Å². The lowest BCUT2D eigenvalue weighted by molar-refractivity contribution is -0.136. The first kappa shape index (κ1) is 18.6. The third-order valence-electron chi connectivity index (χ3n) is 4.60. The van der Waals surface area contributed by atoms with Gasteiger partial charge in [-0.3, -0.25) is 19.1 Å². The molecule has 8 heteroatoms. The lowest BCUT2D eigenvalue weighted by atomic mass is 10.2. The van der Waals surface area contributed by atoms with E-state index in [1.54, 1.807) is 41.2 Å². The van der Waals surface area contributed by atoms with Gasteiger partial charge in [-0.25, -0.2) is 0 Å². The van der Waals surface area contributed by atoms with Gasteiger partial charge < -0.3 is 15.7 Å². The minimum atomic E-state index is -0.967. The fraction of sp³-hybridized carbons (Fsp3) is 0.368. The van der Waals surface area contributed by atoms with Gasteiger partial charge in [0.1, 0.15) is 5.69 Å². The lowest BCUT2D eigenvalue weighted by Gasteiger charge is -2.14. The van der Waals surface area contributed by atoms with Crippen molar-refractivity contribution in [2.24, 2.45) is 0 Å². The van der Waals surface area contributed by atoms with E-state index >= 15 is 0 Å². The SMILES string of the molecule is O=C(O)CCNC(=O)c1ccc(NC(=O)c2ccnn2C2CCCC2)cc1. The fourth-order valence-electron chi connectivity index (χ4n) is 3.22. The molecule has 1 aromatic carbocycles. The molecule has 1 aliphatic rings. The molecule has 8 nitrogen and oxygen atoms in total. The summed E-state index contributed by atoms with van der Waals surface area (Å²) in [5.74, 6) is -1.56. The Morgan fingerprint density at radius 3 is 2.44 bits per heavy atom. The summed E-state index contributed by atoms with van der Waals surface area (Å²) < 4.78 is 1.80. The van der Waals surface area contributed by atoms with E-state index in [4.69, 9.17) is 5.11 Å². The second kappa shape index (κ2) is 8.48. The average Bonchev–Trinajstić information content (AvgIpc) is 3.33. The Kier molecular flexibility index (Phi) is 5.85. The highest BCUT2D eigenvalue weighted by Gasteiger charge is 2.22. The molecule has 1 fully saturated rings. The van der Waals surface area contributed by atoms with Crippen LogP contribution in [-0.2, 0) is 4.79 Å². The molecule has 142 valence electrons. The number of carboxylic acid groups (broad SMARTS) is 1. The molecule has 0 atom stereocenters. The molecule has 3 rings (SSSR count). The van der Waals surface area contributed by atoms with E-state index in [1.807, 2.05) is 0 Å². The van der Waals surface area contributed by atoms with E-state index in [-0.39, 0.29) is 30.8 Å². The quantitative estimate of drug-likeness (QED) is 0.693. The number of amides is 2. The number of aliphatic carboxylic acids is 1. The summed E-state index contributed by atoms with van der Waals surface area (Å²) in [5.41, 5.74) is 1.49. The molecule has 3 N–H and O–H groups in total. The molecular formula is C19H22N4O4. The summed E-state index contributed by atoms with van der Waals surface area (Å²) in [4.78, 5) is 35.0. The number of hydrogen-bond donors (Lipinski definition) is 3. The zero-order valence-corrected chi connectivity index (χ0v) is 14.9. The Balaban J connectivity index is 1.60. The number of carboxylic acids is 1. The van der Waals surface area contributed by atoms with Crippen LogP contribution in [0.2, 0.25) is 0 Å². The first-order chi connectivity index (χ1) is 13.0. The maximum absolute atomic E-state index is 12.6. The van der Waals surface area contributed by atoms with Gasteiger partial charge in [-0.15, -0.1) is 0 Å². The lowest BCUT2D eigenvalue weighted by Crippen LogP contribution is -2.26. The van der Waals surface area contributed by atoms with Gasteiger partial charge in [-0.2, -0.15) is 5.10 Å². The number of anilines is 1. The van der Waals surface area contributed by atoms with Gasteiger partial charge in [0.2, 0.25) is 0 Å². The highest BCUT2D eigenvalue weighted by Crippen LogP contribution is 2.29. The number of rotatable bonds is 7. The van der Waals surface area contributed by atoms with Crippen LogP contribution in [0.5, 0.6) is 0 Å². The van der Waals surface area contributed by atoms with Gasteiger partial charge in [0.15, 0.2) is 0 Å². The number of hydrogen-bond acceptors (Lipinski definition) is 4. The predicted octanol–water partition coefficient (Wildman–Crippen LogP) is 2.46. The van der Waals surface area contributed by atoms with Crippen LogP contribution in [0.3, 0.4) is 0 Å². The Labute approximate surface area is 156 Å². The predicted molar refractivity (Wildman–Crippen MR) is 98.7 cm³/mol. The molecule has 0 spiro atoms. The molecule has 1 heterocycles. The maximum atomic E-state index is 12.6. The summed E-state index contributed by atoms with van der Waals surface area (Å²) in [6.07, 6.45) is 5.89. The van der Waals surface area contributed by atoms with Crippen LogP contribution in [0.4, 0.5) is 5.69 Å². The third kappa shape index (κ3) is 4.72. The molecule has 0 bridgehead atoms. The second-order valence-corrected chi connectivity index (χ2v) is 6.53. The standard InChI is InChI=1S/C19H22N4O4/c24-17(25)10-11-20-18(26)13-5-7-14(8-6-13)22-19(27)16-9-12-21-23(16)15-3-1-2-4-15/h5-9,12,15H,1-4,10-11H2,(H,20,26)(H,22,27)(H,24,25). The van der Waals surface area contributed by atoms with Crippen molar-refractivity contribution in [3.05, 3.63) is 47.8 Å². The van der Waals surface area contributed by atoms with Crippen molar-refractivity contribution in [2.45, 2.75) is 38.1 Å². The summed E-state index contributed by atoms with van der Waals surface area (Å²) in [7, 11) is 0. The molecule has 1 saturated carbocycles. The van der Waals surface area contributed by atoms with E-state index in [1.165, 1.54) is 0 Å². The Bertz CT molecular complexity index is 822. The van der Waals surface area contributed by atoms with Gasteiger partial charge >= 0.3 is 5.97 Å². The van der Waals surface area contributed by atoms with Crippen molar-refractivity contribution in [1.29, 1.82) is 0 Å². The number of nitrogens with one attached hydrogen (secondary N) is 2. The minimum absolute atomic E-state index is 0.0673. The normalized spacial score (nSPS) is 14.1. The van der Waals surface area contributed by atoms with Crippen LogP contribution in [0, 0.1) is 0 Å². The number of benzene rings is 1. The van der Waals surface area contributed by atoms with E-state index in [0.717, 1.165) is 25.7 Å². The Morgan fingerprint density at radius 1 is 1.07 bits per heavy atom. The van der Waals surface area contributed by atoms with Crippen molar-refractivity contribution in [1.82, 2.24) is 15.1 Å². The van der Waals surface area contributed by atoms with Crippen molar-refractivity contribution < 1.29 is 19.5 Å². The zero-order valence-electron chi connectivity index (χ0n) is 14.9. The molecule has 27 heavy (non-hydrogen) atoms. The third-order valence-corrected chi connectivity index (χ3v) is 4.60. The molecule has 0 unspecified atom stereocenters. The van der Waals surface area contributed by atoms with Crippen LogP contribution >= 0.6 is 0 Å². The van der Waals surface area contributed by atoms with Crippen LogP contribution in [-0.4, -0.2) is 39.2 Å². The second-order valence-electron chi connectivity index (χ2n) is 6.53. The van der Waals surface area contributed by atoms with Gasteiger partial charge in [0, 0.05) is 24.0 Å². The van der Waals surface area contributed by atoms with Gasteiger partial charge in [-0.1, -0.05) is 12.8 Å². The van der Waals surface area contributed by atoms with Gasteiger partial charge in [0.25, 0.3) is 11.8 Å². The number of aromatic nitrogens is 2. The average molecular weight is 370 g/mol. The first-order valence-corrected chi connectivity index (χ1v) is 8.99. The number of carbonyl (C=O) groups excluding carboxylic acids is 2. The topological polar surface area (TPSA) is 113 Å². The largest absolute Gasteiger partial charge is 0.481 e. The van der Waals surface area contributed by atoms with Crippen molar-refractivity contribution in [3.63, 3.8) is 0 Å². The Hall–Kier alpha value is -3.16. The van der Waals surface area contributed by atoms with Crippen LogP contribution in [0.1, 0.15) is 59.0 Å². The summed E-state index contributed by atoms with van der Waals surface area (Å²) in [6.45, 7) is 0.0673. The van der Waals surface area contributed by atoms with E-state index in [9.17, 15) is 14.4 Å². The highest BCUT2D eigenvalue weighted by molar-refractivity contribution is 6.03. The molecule has 1 aliphatic carbocycles. The van der Waals surface area contributed by atoms with Crippen LogP contribution < -0.4 is 10.6 Å². The minimum Gasteiger partial charge on any atom is -0.481 e. The van der Waals surface area contributed by atoms with Crippen LogP contribution in [0.25, 0.3) is 0 Å². The van der Waals surface area contributed by atoms with Gasteiger partial charge in [-0.05, 0) is 43.2 Å². The van der Waals surface area contributed by atoms with Crippen molar-refractivity contribution in [2.75, 3.05) is 11.9 Å². The van der Waals surface area contributed by atoms with Gasteiger partial charge in [0.05, 0.1) is 12.5 Å². The van der Waals surface area contributed by atoms with Crippen molar-refractivity contribution in [3.8, 4) is 0 Å². The number of carbonyl (C=O) groups is 3. The summed E-state index contributed by atoms with van der Waals surface area (Å²) in [5, 5.41) is 18.2. The molecule has 2 aromatic rings. The molecular weight excluding hydrogens is 348 g/mol. The monoisotopic (exact) mass is 370 g/mol.